The highest BCUT2D eigenvalue weighted by Gasteiger charge is 2.08. The second-order valence-electron chi connectivity index (χ2n) is 4.75. The smallest absolute Gasteiger partial charge is 0.0963 e. The van der Waals surface area contributed by atoms with Crippen molar-refractivity contribution in [2.75, 3.05) is 7.11 Å². The summed E-state index contributed by atoms with van der Waals surface area (Å²) in [5.74, 6) is 1.52. The van der Waals surface area contributed by atoms with E-state index in [4.69, 9.17) is 4.74 Å². The molecule has 1 unspecified atom stereocenters. The van der Waals surface area contributed by atoms with Crippen LogP contribution in [0.5, 0.6) is 0 Å². The summed E-state index contributed by atoms with van der Waals surface area (Å²) < 4.78 is 5.43. The second-order valence-corrected chi connectivity index (χ2v) is 4.75. The number of unbranched alkanes of at least 4 members (excludes halogenated alkanes) is 1. The van der Waals surface area contributed by atoms with E-state index >= 15 is 0 Å². The quantitative estimate of drug-likeness (QED) is 0.229. The standard InChI is InChI=1S/C17H28O/c1-7-9-10-11-15(4)16(5)13-17(18-6)12-14(3)8-2/h7,11-12,16H,1,3,8-10,13H2,2,4-6H3. The van der Waals surface area contributed by atoms with Gasteiger partial charge in [-0.1, -0.05) is 43.7 Å². The fourth-order valence-corrected chi connectivity index (χ4v) is 1.62. The predicted molar refractivity (Wildman–Crippen MR) is 81.5 cm³/mol. The molecule has 0 heterocycles. The average molecular weight is 248 g/mol. The van der Waals surface area contributed by atoms with Crippen LogP contribution in [0.4, 0.5) is 0 Å². The van der Waals surface area contributed by atoms with E-state index in [1.165, 1.54) is 5.57 Å². The summed E-state index contributed by atoms with van der Waals surface area (Å²) in [7, 11) is 1.73. The van der Waals surface area contributed by atoms with Crippen molar-refractivity contribution in [3.8, 4) is 0 Å². The van der Waals surface area contributed by atoms with Gasteiger partial charge in [0, 0.05) is 6.42 Å². The molecule has 102 valence electrons. The maximum atomic E-state index is 5.43. The maximum Gasteiger partial charge on any atom is 0.0963 e. The van der Waals surface area contributed by atoms with Gasteiger partial charge in [0.15, 0.2) is 0 Å². The molecule has 1 nitrogen and oxygen atoms in total. The van der Waals surface area contributed by atoms with Gasteiger partial charge in [0.25, 0.3) is 0 Å². The molecule has 0 saturated carbocycles. The highest BCUT2D eigenvalue weighted by atomic mass is 16.5. The summed E-state index contributed by atoms with van der Waals surface area (Å²) in [5.41, 5.74) is 2.54. The Morgan fingerprint density at radius 2 is 2.00 bits per heavy atom. The minimum Gasteiger partial charge on any atom is -0.501 e. The molecule has 0 radical (unpaired) electrons. The molecule has 0 rings (SSSR count). The van der Waals surface area contributed by atoms with E-state index in [1.807, 2.05) is 6.08 Å². The fraction of sp³-hybridized carbons (Fsp3) is 0.529. The average Bonchev–Trinajstić information content (AvgIpc) is 2.37. The van der Waals surface area contributed by atoms with Gasteiger partial charge in [0.1, 0.15) is 0 Å². The molecule has 1 heteroatoms. The van der Waals surface area contributed by atoms with Gasteiger partial charge in [-0.05, 0) is 38.2 Å². The molecule has 0 fully saturated rings. The molecule has 0 aliphatic heterocycles. The zero-order valence-electron chi connectivity index (χ0n) is 12.5. The van der Waals surface area contributed by atoms with Crippen molar-refractivity contribution in [1.29, 1.82) is 0 Å². The lowest BCUT2D eigenvalue weighted by Gasteiger charge is -2.15. The number of hydrogen-bond donors (Lipinski definition) is 0. The second kappa shape index (κ2) is 9.76. The van der Waals surface area contributed by atoms with Crippen LogP contribution in [0.1, 0.15) is 46.5 Å². The van der Waals surface area contributed by atoms with E-state index in [-0.39, 0.29) is 0 Å². The summed E-state index contributed by atoms with van der Waals surface area (Å²) in [5, 5.41) is 0. The minimum atomic E-state index is 0.505. The van der Waals surface area contributed by atoms with Gasteiger partial charge in [0.2, 0.25) is 0 Å². The molecule has 18 heavy (non-hydrogen) atoms. The zero-order valence-corrected chi connectivity index (χ0v) is 12.5. The molecule has 0 saturated heterocycles. The van der Waals surface area contributed by atoms with Gasteiger partial charge < -0.3 is 4.74 Å². The largest absolute Gasteiger partial charge is 0.501 e. The third-order valence-electron chi connectivity index (χ3n) is 3.20. The van der Waals surface area contributed by atoms with Crippen molar-refractivity contribution in [3.05, 3.63) is 48.3 Å². The monoisotopic (exact) mass is 248 g/mol. The molecule has 0 amide bonds. The Balaban J connectivity index is 4.46. The van der Waals surface area contributed by atoms with Crippen LogP contribution in [-0.4, -0.2) is 7.11 Å². The number of ether oxygens (including phenoxy) is 1. The molecule has 0 bridgehead atoms. The van der Waals surface area contributed by atoms with Gasteiger partial charge in [-0.3, -0.25) is 0 Å². The van der Waals surface area contributed by atoms with Gasteiger partial charge in [-0.25, -0.2) is 0 Å². The Bertz CT molecular complexity index is 321. The first kappa shape index (κ1) is 16.8. The van der Waals surface area contributed by atoms with Crippen LogP contribution in [0, 0.1) is 5.92 Å². The Morgan fingerprint density at radius 1 is 1.33 bits per heavy atom. The molecule has 0 aromatic rings. The Morgan fingerprint density at radius 3 is 2.50 bits per heavy atom. The first-order chi connectivity index (χ1) is 8.54. The van der Waals surface area contributed by atoms with Crippen LogP contribution in [0.15, 0.2) is 48.3 Å². The molecule has 0 N–H and O–H groups in total. The van der Waals surface area contributed by atoms with Crippen LogP contribution in [0.3, 0.4) is 0 Å². The van der Waals surface area contributed by atoms with Crippen molar-refractivity contribution in [1.82, 2.24) is 0 Å². The highest BCUT2D eigenvalue weighted by Crippen LogP contribution is 2.21. The Kier molecular flexibility index (Phi) is 9.08. The molecular formula is C17H28O. The van der Waals surface area contributed by atoms with E-state index in [0.29, 0.717) is 5.92 Å². The van der Waals surface area contributed by atoms with Crippen molar-refractivity contribution in [3.63, 3.8) is 0 Å². The predicted octanol–water partition coefficient (Wildman–Crippen LogP) is 5.42. The number of rotatable bonds is 9. The van der Waals surface area contributed by atoms with Crippen molar-refractivity contribution in [2.24, 2.45) is 5.92 Å². The maximum absolute atomic E-state index is 5.43. The normalized spacial score (nSPS) is 14.2. The lowest BCUT2D eigenvalue weighted by molar-refractivity contribution is 0.267. The van der Waals surface area contributed by atoms with Gasteiger partial charge in [0.05, 0.1) is 12.9 Å². The van der Waals surface area contributed by atoms with Crippen LogP contribution in [0.25, 0.3) is 0 Å². The third-order valence-corrected chi connectivity index (χ3v) is 3.20. The molecule has 0 spiro atoms. The topological polar surface area (TPSA) is 9.23 Å². The molecule has 0 aliphatic rings. The van der Waals surface area contributed by atoms with E-state index in [1.54, 1.807) is 7.11 Å². The van der Waals surface area contributed by atoms with E-state index in [0.717, 1.165) is 37.0 Å². The molecule has 0 aromatic carbocycles. The molecule has 1 atom stereocenters. The lowest BCUT2D eigenvalue weighted by atomic mass is 9.96. The van der Waals surface area contributed by atoms with Crippen molar-refractivity contribution >= 4 is 0 Å². The number of allylic oxidation sites excluding steroid dienone is 6. The van der Waals surface area contributed by atoms with Crippen LogP contribution in [-0.2, 0) is 4.74 Å². The van der Waals surface area contributed by atoms with Crippen LogP contribution in [0.2, 0.25) is 0 Å². The fourth-order valence-electron chi connectivity index (χ4n) is 1.62. The van der Waals surface area contributed by atoms with Crippen molar-refractivity contribution < 1.29 is 4.74 Å². The summed E-state index contributed by atoms with van der Waals surface area (Å²) in [4.78, 5) is 0. The SMILES string of the molecule is C=CCCC=C(C)C(C)CC(=CC(=C)CC)OC. The summed E-state index contributed by atoms with van der Waals surface area (Å²) in [6, 6.07) is 0. The first-order valence-electron chi connectivity index (χ1n) is 6.75. The lowest BCUT2D eigenvalue weighted by Crippen LogP contribution is -2.01. The molecule has 0 aromatic heterocycles. The van der Waals surface area contributed by atoms with Gasteiger partial charge in [-0.2, -0.15) is 0 Å². The Labute approximate surface area is 113 Å². The van der Waals surface area contributed by atoms with E-state index in [9.17, 15) is 0 Å². The first-order valence-corrected chi connectivity index (χ1v) is 6.75. The summed E-state index contributed by atoms with van der Waals surface area (Å²) in [6.45, 7) is 14.3. The number of hydrogen-bond acceptors (Lipinski definition) is 1. The van der Waals surface area contributed by atoms with E-state index < -0.39 is 0 Å². The Hall–Kier alpha value is -1.24. The zero-order chi connectivity index (χ0) is 14.0. The minimum absolute atomic E-state index is 0.505. The molecule has 0 aliphatic carbocycles. The summed E-state index contributed by atoms with van der Waals surface area (Å²) in [6.07, 6.45) is 10.3. The number of methoxy groups -OCH3 is 1. The summed E-state index contributed by atoms with van der Waals surface area (Å²) >= 11 is 0. The van der Waals surface area contributed by atoms with E-state index in [2.05, 4.69) is 46.1 Å². The van der Waals surface area contributed by atoms with Crippen LogP contribution >= 0.6 is 0 Å². The van der Waals surface area contributed by atoms with Crippen molar-refractivity contribution in [2.45, 2.75) is 46.5 Å². The third kappa shape index (κ3) is 7.16. The van der Waals surface area contributed by atoms with Crippen LogP contribution < -0.4 is 0 Å². The highest BCUT2D eigenvalue weighted by molar-refractivity contribution is 5.18. The van der Waals surface area contributed by atoms with Gasteiger partial charge in [-0.15, -0.1) is 6.58 Å². The van der Waals surface area contributed by atoms with Gasteiger partial charge >= 0.3 is 0 Å². The molecular weight excluding hydrogens is 220 g/mol.